The van der Waals surface area contributed by atoms with E-state index in [0.717, 1.165) is 22.2 Å². The van der Waals surface area contributed by atoms with Gasteiger partial charge >= 0.3 is 5.97 Å². The van der Waals surface area contributed by atoms with E-state index < -0.39 is 5.97 Å². The maximum atomic E-state index is 12.8. The van der Waals surface area contributed by atoms with E-state index in [0.29, 0.717) is 27.7 Å². The zero-order valence-electron chi connectivity index (χ0n) is 19.1. The van der Waals surface area contributed by atoms with Crippen LogP contribution in [0.15, 0.2) is 90.0 Å². The van der Waals surface area contributed by atoms with Gasteiger partial charge in [-0.05, 0) is 77.6 Å². The molecule has 0 atom stereocenters. The summed E-state index contributed by atoms with van der Waals surface area (Å²) in [5, 5.41) is 9.50. The van der Waals surface area contributed by atoms with Crippen LogP contribution in [0.3, 0.4) is 0 Å². The lowest BCUT2D eigenvalue weighted by Gasteiger charge is -2.11. The van der Waals surface area contributed by atoms with Gasteiger partial charge in [-0.2, -0.15) is 5.10 Å². The van der Waals surface area contributed by atoms with Gasteiger partial charge in [0.1, 0.15) is 17.2 Å². The molecule has 0 aromatic heterocycles. The van der Waals surface area contributed by atoms with Gasteiger partial charge in [0.15, 0.2) is 5.11 Å². The lowest BCUT2D eigenvalue weighted by Crippen LogP contribution is -2.23. The Balaban J connectivity index is 1.53. The van der Waals surface area contributed by atoms with Crippen molar-refractivity contribution in [1.82, 2.24) is 5.43 Å². The molecule has 2 N–H and O–H groups in total. The average Bonchev–Trinajstić information content (AvgIpc) is 2.90. The molecule has 8 heteroatoms. The second kappa shape index (κ2) is 11.1. The summed E-state index contributed by atoms with van der Waals surface area (Å²) in [4.78, 5) is 12.8. The summed E-state index contributed by atoms with van der Waals surface area (Å²) >= 11 is 5.33. The van der Waals surface area contributed by atoms with Crippen molar-refractivity contribution in [2.24, 2.45) is 5.10 Å². The molecule has 0 saturated carbocycles. The van der Waals surface area contributed by atoms with Crippen molar-refractivity contribution in [3.8, 4) is 17.2 Å². The number of methoxy groups -OCH3 is 2. The van der Waals surface area contributed by atoms with Crippen LogP contribution < -0.4 is 25.0 Å². The maximum Gasteiger partial charge on any atom is 0.343 e. The van der Waals surface area contributed by atoms with Gasteiger partial charge in [0.2, 0.25) is 0 Å². The Hall–Kier alpha value is -4.43. The van der Waals surface area contributed by atoms with Crippen molar-refractivity contribution in [3.05, 3.63) is 96.1 Å². The third-order valence-corrected chi connectivity index (χ3v) is 5.36. The Labute approximate surface area is 208 Å². The predicted molar refractivity (Wildman–Crippen MR) is 142 cm³/mol. The van der Waals surface area contributed by atoms with Crippen LogP contribution in [-0.2, 0) is 0 Å². The van der Waals surface area contributed by atoms with E-state index in [2.05, 4.69) is 15.8 Å². The molecule has 0 aliphatic rings. The van der Waals surface area contributed by atoms with Gasteiger partial charge < -0.3 is 19.5 Å². The Bertz CT molecular complexity index is 1370. The number of hydrazone groups is 1. The predicted octanol–water partition coefficient (Wildman–Crippen LogP) is 5.40. The van der Waals surface area contributed by atoms with Crippen molar-refractivity contribution in [2.75, 3.05) is 19.5 Å². The summed E-state index contributed by atoms with van der Waals surface area (Å²) in [5.41, 5.74) is 4.64. The normalized spacial score (nSPS) is 10.7. The first-order chi connectivity index (χ1) is 17.1. The van der Waals surface area contributed by atoms with Crippen LogP contribution >= 0.6 is 12.2 Å². The summed E-state index contributed by atoms with van der Waals surface area (Å²) in [6.07, 6.45) is 1.58. The highest BCUT2D eigenvalue weighted by Gasteiger charge is 2.14. The second-order valence-electron chi connectivity index (χ2n) is 7.37. The first kappa shape index (κ1) is 23.7. The number of nitrogens with zero attached hydrogens (tertiary/aromatic N) is 1. The highest BCUT2D eigenvalue weighted by atomic mass is 32.1. The number of ether oxygens (including phenoxy) is 3. The van der Waals surface area contributed by atoms with Crippen molar-refractivity contribution >= 4 is 46.0 Å². The Kier molecular flexibility index (Phi) is 7.54. The number of thiocarbonyl (C=S) groups is 1. The second-order valence-corrected chi connectivity index (χ2v) is 7.78. The van der Waals surface area contributed by atoms with Crippen LogP contribution in [0.1, 0.15) is 15.9 Å². The highest BCUT2D eigenvalue weighted by Crippen LogP contribution is 2.27. The molecule has 4 aromatic carbocycles. The van der Waals surface area contributed by atoms with Crippen molar-refractivity contribution in [2.45, 2.75) is 0 Å². The van der Waals surface area contributed by atoms with Crippen LogP contribution in [0.5, 0.6) is 17.2 Å². The average molecular weight is 486 g/mol. The number of benzene rings is 4. The zero-order chi connectivity index (χ0) is 24.6. The van der Waals surface area contributed by atoms with Crippen molar-refractivity contribution in [1.29, 1.82) is 0 Å². The summed E-state index contributed by atoms with van der Waals surface area (Å²) < 4.78 is 16.0. The summed E-state index contributed by atoms with van der Waals surface area (Å²) in [7, 11) is 3.18. The number of anilines is 1. The Morgan fingerprint density at radius 3 is 2.20 bits per heavy atom. The quantitative estimate of drug-likeness (QED) is 0.119. The first-order valence-corrected chi connectivity index (χ1v) is 11.1. The first-order valence-electron chi connectivity index (χ1n) is 10.7. The lowest BCUT2D eigenvalue weighted by atomic mass is 10.0. The molecule has 0 saturated heterocycles. The lowest BCUT2D eigenvalue weighted by molar-refractivity contribution is 0.0734. The van der Waals surface area contributed by atoms with Gasteiger partial charge in [-0.1, -0.05) is 30.3 Å². The fraction of sp³-hybridized carbons (Fsp3) is 0.0741. The van der Waals surface area contributed by atoms with Gasteiger partial charge in [0, 0.05) is 11.3 Å². The molecule has 0 amide bonds. The topological polar surface area (TPSA) is 81.2 Å². The standard InChI is InChI=1S/C27H23N3O4S/c1-32-21-12-7-19(8-13-21)26(31)34-25-16-9-18-5-3-4-6-23(18)24(25)17-28-30-27(35)29-20-10-14-22(33-2)15-11-20/h3-17H,1-2H3,(H2,29,30,35)/b28-17+. The van der Waals surface area contributed by atoms with Gasteiger partial charge in [-0.25, -0.2) is 4.79 Å². The number of carbonyl (C=O) groups excluding carboxylic acids is 1. The molecule has 7 nitrogen and oxygen atoms in total. The van der Waals surface area contributed by atoms with Crippen LogP contribution in [0, 0.1) is 0 Å². The zero-order valence-corrected chi connectivity index (χ0v) is 20.0. The molecule has 0 aliphatic carbocycles. The molecular weight excluding hydrogens is 462 g/mol. The van der Waals surface area contributed by atoms with Crippen LogP contribution in [0.25, 0.3) is 10.8 Å². The van der Waals surface area contributed by atoms with Crippen LogP contribution in [-0.4, -0.2) is 31.5 Å². The minimum absolute atomic E-state index is 0.309. The molecule has 0 fully saturated rings. The minimum Gasteiger partial charge on any atom is -0.497 e. The number of esters is 1. The smallest absolute Gasteiger partial charge is 0.343 e. The molecule has 35 heavy (non-hydrogen) atoms. The van der Waals surface area contributed by atoms with Gasteiger partial charge in [-0.15, -0.1) is 0 Å². The van der Waals surface area contributed by atoms with E-state index in [1.54, 1.807) is 50.8 Å². The van der Waals surface area contributed by atoms with Crippen LogP contribution in [0.4, 0.5) is 5.69 Å². The molecule has 176 valence electrons. The van der Waals surface area contributed by atoms with Gasteiger partial charge in [0.25, 0.3) is 0 Å². The number of hydrogen-bond donors (Lipinski definition) is 2. The van der Waals surface area contributed by atoms with E-state index in [4.69, 9.17) is 26.4 Å². The summed E-state index contributed by atoms with van der Waals surface area (Å²) in [5.74, 6) is 1.30. The minimum atomic E-state index is -0.484. The van der Waals surface area contributed by atoms with E-state index in [1.807, 2.05) is 54.6 Å². The largest absolute Gasteiger partial charge is 0.497 e. The molecule has 0 unspecified atom stereocenters. The van der Waals surface area contributed by atoms with E-state index in [-0.39, 0.29) is 0 Å². The molecule has 4 rings (SSSR count). The Morgan fingerprint density at radius 2 is 1.51 bits per heavy atom. The highest BCUT2D eigenvalue weighted by molar-refractivity contribution is 7.80. The summed E-state index contributed by atoms with van der Waals surface area (Å²) in [6, 6.07) is 25.5. The molecule has 0 radical (unpaired) electrons. The van der Waals surface area contributed by atoms with Gasteiger partial charge in [-0.3, -0.25) is 5.43 Å². The molecule has 0 heterocycles. The molecule has 4 aromatic rings. The van der Waals surface area contributed by atoms with Crippen molar-refractivity contribution in [3.63, 3.8) is 0 Å². The molecule has 0 bridgehead atoms. The Morgan fingerprint density at radius 1 is 0.857 bits per heavy atom. The fourth-order valence-electron chi connectivity index (χ4n) is 3.37. The third-order valence-electron chi connectivity index (χ3n) is 5.17. The number of nitrogens with one attached hydrogen (secondary N) is 2. The van der Waals surface area contributed by atoms with Crippen molar-refractivity contribution < 1.29 is 19.0 Å². The van der Waals surface area contributed by atoms with Gasteiger partial charge in [0.05, 0.1) is 26.0 Å². The molecular formula is C27H23N3O4S. The number of hydrogen-bond acceptors (Lipinski definition) is 6. The monoisotopic (exact) mass is 485 g/mol. The maximum absolute atomic E-state index is 12.8. The number of carbonyl (C=O) groups is 1. The van der Waals surface area contributed by atoms with E-state index in [1.165, 1.54) is 0 Å². The third kappa shape index (κ3) is 5.93. The summed E-state index contributed by atoms with van der Waals surface area (Å²) in [6.45, 7) is 0. The molecule has 0 aliphatic heterocycles. The fourth-order valence-corrected chi connectivity index (χ4v) is 3.54. The van der Waals surface area contributed by atoms with E-state index in [9.17, 15) is 4.79 Å². The molecule has 0 spiro atoms. The SMILES string of the molecule is COc1ccc(NC(=S)N/N=C/c2c(OC(=O)c3ccc(OC)cc3)ccc3ccccc23)cc1. The number of rotatable bonds is 7. The van der Waals surface area contributed by atoms with E-state index >= 15 is 0 Å². The van der Waals surface area contributed by atoms with Crippen LogP contribution in [0.2, 0.25) is 0 Å². The number of fused-ring (bicyclic) bond motifs is 1.